The first kappa shape index (κ1) is 8.94. The highest BCUT2D eigenvalue weighted by molar-refractivity contribution is 6.04. The molecule has 72 valence electrons. The van der Waals surface area contributed by atoms with Gasteiger partial charge in [-0.25, -0.2) is 4.79 Å². The third kappa shape index (κ3) is 1.66. The third-order valence-electron chi connectivity index (χ3n) is 2.15. The average Bonchev–Trinajstić information content (AvgIpc) is 2.23. The molecule has 14 heavy (non-hydrogen) atoms. The van der Waals surface area contributed by atoms with Crippen molar-refractivity contribution in [1.29, 1.82) is 0 Å². The summed E-state index contributed by atoms with van der Waals surface area (Å²) in [5, 5.41) is 0. The Kier molecular flexibility index (Phi) is 2.31. The first-order valence-corrected chi connectivity index (χ1v) is 4.56. The van der Waals surface area contributed by atoms with Crippen LogP contribution in [0.15, 0.2) is 35.3 Å². The molecule has 3 heteroatoms. The second kappa shape index (κ2) is 3.62. The number of esters is 1. The normalized spacial score (nSPS) is 21.4. The first-order valence-electron chi connectivity index (χ1n) is 4.56. The summed E-state index contributed by atoms with van der Waals surface area (Å²) < 4.78 is 4.99. The van der Waals surface area contributed by atoms with Crippen molar-refractivity contribution < 1.29 is 9.53 Å². The van der Waals surface area contributed by atoms with Crippen LogP contribution >= 0.6 is 0 Å². The zero-order valence-electron chi connectivity index (χ0n) is 7.93. The predicted molar refractivity (Wildman–Crippen MR) is 53.4 cm³/mol. The molecule has 1 heterocycles. The lowest BCUT2D eigenvalue weighted by molar-refractivity contribution is -0.143. The van der Waals surface area contributed by atoms with Gasteiger partial charge >= 0.3 is 5.97 Å². The van der Waals surface area contributed by atoms with Crippen molar-refractivity contribution in [3.63, 3.8) is 0 Å². The fourth-order valence-corrected chi connectivity index (χ4v) is 1.37. The molecule has 1 aromatic rings. The molecule has 1 unspecified atom stereocenters. The predicted octanol–water partition coefficient (Wildman–Crippen LogP) is 1.42. The Balaban J connectivity index is 2.29. The molecule has 1 atom stereocenters. The molecule has 0 N–H and O–H groups in total. The maximum Gasteiger partial charge on any atom is 0.330 e. The van der Waals surface area contributed by atoms with Crippen LogP contribution in [0.25, 0.3) is 0 Å². The summed E-state index contributed by atoms with van der Waals surface area (Å²) in [4.78, 5) is 15.3. The van der Waals surface area contributed by atoms with Gasteiger partial charge in [0.25, 0.3) is 0 Å². The minimum atomic E-state index is -0.376. The van der Waals surface area contributed by atoms with E-state index in [1.54, 1.807) is 6.92 Å². The van der Waals surface area contributed by atoms with Crippen molar-refractivity contribution in [2.24, 2.45) is 4.99 Å². The van der Waals surface area contributed by atoms with Gasteiger partial charge in [-0.3, -0.25) is 4.99 Å². The summed E-state index contributed by atoms with van der Waals surface area (Å²) in [6.07, 6.45) is 0. The molecule has 0 radical (unpaired) electrons. The Morgan fingerprint density at radius 2 is 2.07 bits per heavy atom. The molecule has 1 aliphatic heterocycles. The van der Waals surface area contributed by atoms with Gasteiger partial charge in [-0.2, -0.15) is 0 Å². The van der Waals surface area contributed by atoms with Gasteiger partial charge in [0, 0.05) is 0 Å². The van der Waals surface area contributed by atoms with E-state index in [9.17, 15) is 4.79 Å². The van der Waals surface area contributed by atoms with Crippen LogP contribution in [0, 0.1) is 0 Å². The van der Waals surface area contributed by atoms with Crippen molar-refractivity contribution in [3.05, 3.63) is 35.9 Å². The topological polar surface area (TPSA) is 38.7 Å². The number of nitrogens with zero attached hydrogens (tertiary/aromatic N) is 1. The molecule has 0 fully saturated rings. The lowest BCUT2D eigenvalue weighted by atomic mass is 10.1. The van der Waals surface area contributed by atoms with Crippen molar-refractivity contribution in [2.75, 3.05) is 6.61 Å². The average molecular weight is 189 g/mol. The monoisotopic (exact) mass is 189 g/mol. The van der Waals surface area contributed by atoms with Gasteiger partial charge < -0.3 is 4.74 Å². The van der Waals surface area contributed by atoms with E-state index in [1.807, 2.05) is 30.3 Å². The van der Waals surface area contributed by atoms with Gasteiger partial charge in [-0.15, -0.1) is 0 Å². The largest absolute Gasteiger partial charge is 0.458 e. The Morgan fingerprint density at radius 1 is 1.36 bits per heavy atom. The van der Waals surface area contributed by atoms with E-state index in [0.717, 1.165) is 11.3 Å². The highest BCUT2D eigenvalue weighted by atomic mass is 16.5. The SMILES string of the molecule is CC1N=C(c2ccccc2)COC1=O. The maximum atomic E-state index is 11.0. The molecule has 3 nitrogen and oxygen atoms in total. The summed E-state index contributed by atoms with van der Waals surface area (Å²) in [5.41, 5.74) is 1.87. The Hall–Kier alpha value is -1.64. The molecule has 2 rings (SSSR count). The molecular weight excluding hydrogens is 178 g/mol. The fraction of sp³-hybridized carbons (Fsp3) is 0.273. The molecule has 0 saturated carbocycles. The van der Waals surface area contributed by atoms with Crippen LogP contribution < -0.4 is 0 Å². The number of rotatable bonds is 1. The maximum absolute atomic E-state index is 11.0. The van der Waals surface area contributed by atoms with Gasteiger partial charge in [0.05, 0.1) is 5.71 Å². The second-order valence-electron chi connectivity index (χ2n) is 3.23. The molecule has 1 aliphatic rings. The smallest absolute Gasteiger partial charge is 0.330 e. The van der Waals surface area contributed by atoms with E-state index >= 15 is 0 Å². The number of carbonyl (C=O) groups is 1. The number of aliphatic imine (C=N–C) groups is 1. The summed E-state index contributed by atoms with van der Waals surface area (Å²) >= 11 is 0. The third-order valence-corrected chi connectivity index (χ3v) is 2.15. The summed E-state index contributed by atoms with van der Waals surface area (Å²) in [6.45, 7) is 2.03. The van der Waals surface area contributed by atoms with Gasteiger partial charge in [0.15, 0.2) is 0 Å². The number of ether oxygens (including phenoxy) is 1. The van der Waals surface area contributed by atoms with E-state index in [4.69, 9.17) is 4.74 Å². The standard InChI is InChI=1S/C11H11NO2/c1-8-11(13)14-7-10(12-8)9-5-3-2-4-6-9/h2-6,8H,7H2,1H3. The number of benzene rings is 1. The molecule has 0 aliphatic carbocycles. The summed E-state index contributed by atoms with van der Waals surface area (Å²) in [5.74, 6) is -0.246. The summed E-state index contributed by atoms with van der Waals surface area (Å²) in [6, 6.07) is 9.38. The van der Waals surface area contributed by atoms with Gasteiger partial charge in [-0.1, -0.05) is 30.3 Å². The Morgan fingerprint density at radius 3 is 2.71 bits per heavy atom. The molecule has 0 spiro atoms. The van der Waals surface area contributed by atoms with Crippen LogP contribution in [0.5, 0.6) is 0 Å². The van der Waals surface area contributed by atoms with E-state index < -0.39 is 0 Å². The zero-order valence-corrected chi connectivity index (χ0v) is 7.93. The quantitative estimate of drug-likeness (QED) is 0.627. The number of hydrogen-bond acceptors (Lipinski definition) is 3. The minimum absolute atomic E-state index is 0.246. The van der Waals surface area contributed by atoms with Crippen molar-refractivity contribution in [3.8, 4) is 0 Å². The minimum Gasteiger partial charge on any atom is -0.458 e. The Labute approximate surface area is 82.4 Å². The molecule has 0 aromatic heterocycles. The van der Waals surface area contributed by atoms with Gasteiger partial charge in [0.2, 0.25) is 0 Å². The highest BCUT2D eigenvalue weighted by Crippen LogP contribution is 2.09. The first-order chi connectivity index (χ1) is 6.77. The van der Waals surface area contributed by atoms with Gasteiger partial charge in [-0.05, 0) is 12.5 Å². The van der Waals surface area contributed by atoms with Gasteiger partial charge in [0.1, 0.15) is 12.6 Å². The number of cyclic esters (lactones) is 1. The van der Waals surface area contributed by atoms with E-state index in [1.165, 1.54) is 0 Å². The van der Waals surface area contributed by atoms with Crippen LogP contribution in [0.2, 0.25) is 0 Å². The summed E-state index contributed by atoms with van der Waals surface area (Å²) in [7, 11) is 0. The van der Waals surface area contributed by atoms with E-state index in [2.05, 4.69) is 4.99 Å². The molecular formula is C11H11NO2. The molecule has 1 aromatic carbocycles. The zero-order chi connectivity index (χ0) is 9.97. The van der Waals surface area contributed by atoms with E-state index in [0.29, 0.717) is 0 Å². The lowest BCUT2D eigenvalue weighted by Gasteiger charge is -2.17. The van der Waals surface area contributed by atoms with Crippen LogP contribution in [0.3, 0.4) is 0 Å². The van der Waals surface area contributed by atoms with Crippen LogP contribution in [0.4, 0.5) is 0 Å². The van der Waals surface area contributed by atoms with Crippen LogP contribution in [0.1, 0.15) is 12.5 Å². The molecule has 0 bridgehead atoms. The fourth-order valence-electron chi connectivity index (χ4n) is 1.37. The number of carbonyl (C=O) groups excluding carboxylic acids is 1. The highest BCUT2D eigenvalue weighted by Gasteiger charge is 2.20. The van der Waals surface area contributed by atoms with Crippen molar-refractivity contribution in [2.45, 2.75) is 13.0 Å². The molecule has 0 saturated heterocycles. The second-order valence-corrected chi connectivity index (χ2v) is 3.23. The van der Waals surface area contributed by atoms with Crippen LogP contribution in [-0.4, -0.2) is 24.3 Å². The number of hydrogen-bond donors (Lipinski definition) is 0. The van der Waals surface area contributed by atoms with Crippen molar-refractivity contribution >= 4 is 11.7 Å². The van der Waals surface area contributed by atoms with Crippen LogP contribution in [-0.2, 0) is 9.53 Å². The van der Waals surface area contributed by atoms with Crippen molar-refractivity contribution in [1.82, 2.24) is 0 Å². The lowest BCUT2D eigenvalue weighted by Crippen LogP contribution is -2.29. The Bertz CT molecular complexity index is 370. The van der Waals surface area contributed by atoms with E-state index in [-0.39, 0.29) is 18.6 Å². The molecule has 0 amide bonds.